The van der Waals surface area contributed by atoms with Gasteiger partial charge in [0.15, 0.2) is 11.4 Å². The number of carbonyl (C=O) groups excluding carboxylic acids is 1. The minimum Gasteiger partial charge on any atom is -0.465 e. The highest BCUT2D eigenvalue weighted by molar-refractivity contribution is 7.14. The van der Waals surface area contributed by atoms with Gasteiger partial charge in [0.1, 0.15) is 0 Å². The van der Waals surface area contributed by atoms with E-state index in [0.717, 1.165) is 23.4 Å². The first-order chi connectivity index (χ1) is 13.3. The molecule has 0 spiro atoms. The van der Waals surface area contributed by atoms with Crippen molar-refractivity contribution in [3.05, 3.63) is 33.0 Å². The zero-order valence-corrected chi connectivity index (χ0v) is 16.7. The zero-order valence-electron chi connectivity index (χ0n) is 15.0. The van der Waals surface area contributed by atoms with E-state index in [-0.39, 0.29) is 5.91 Å². The zero-order chi connectivity index (χ0) is 20.5. The van der Waals surface area contributed by atoms with E-state index < -0.39 is 18.5 Å². The average Bonchev–Trinajstić information content (AvgIpc) is 3.20. The van der Waals surface area contributed by atoms with Crippen molar-refractivity contribution in [1.82, 2.24) is 20.9 Å². The molecular formula is C16H21N5O5S2. The van der Waals surface area contributed by atoms with E-state index in [9.17, 15) is 14.4 Å². The number of aryl methyl sites for hydroxylation is 2. The van der Waals surface area contributed by atoms with Gasteiger partial charge >= 0.3 is 12.2 Å². The molecule has 0 aliphatic carbocycles. The number of thiophene rings is 1. The van der Waals surface area contributed by atoms with Crippen molar-refractivity contribution in [3.63, 3.8) is 0 Å². The molecule has 0 unspecified atom stereocenters. The normalized spacial score (nSPS) is 10.6. The first kappa shape index (κ1) is 21.6. The molecule has 2 aromatic heterocycles. The Labute approximate surface area is 169 Å². The molecule has 0 aliphatic rings. The number of carbonyl (C=O) groups is 3. The predicted octanol–water partition coefficient (Wildman–Crippen LogP) is 1.90. The number of aromatic nitrogens is 1. The van der Waals surface area contributed by atoms with Gasteiger partial charge in [-0.2, -0.15) is 0 Å². The number of rotatable bonds is 10. The summed E-state index contributed by atoms with van der Waals surface area (Å²) in [7, 11) is 0. The molecule has 3 amide bonds. The Morgan fingerprint density at radius 2 is 1.71 bits per heavy atom. The van der Waals surface area contributed by atoms with Gasteiger partial charge in [0.05, 0.1) is 5.69 Å². The quantitative estimate of drug-likeness (QED) is 0.317. The summed E-state index contributed by atoms with van der Waals surface area (Å²) < 4.78 is 0. The van der Waals surface area contributed by atoms with E-state index in [0.29, 0.717) is 18.1 Å². The van der Waals surface area contributed by atoms with Crippen LogP contribution in [0.25, 0.3) is 0 Å². The summed E-state index contributed by atoms with van der Waals surface area (Å²) in [6.07, 6.45) is -1.50. The van der Waals surface area contributed by atoms with Crippen molar-refractivity contribution in [1.29, 1.82) is 0 Å². The summed E-state index contributed by atoms with van der Waals surface area (Å²) in [5.74, 6) is -0.142. The summed E-state index contributed by atoms with van der Waals surface area (Å²) >= 11 is 3.04. The van der Waals surface area contributed by atoms with Crippen LogP contribution < -0.4 is 21.3 Å². The number of hydrogen-bond donors (Lipinski definition) is 6. The van der Waals surface area contributed by atoms with Crippen LogP contribution in [0.4, 0.5) is 14.7 Å². The van der Waals surface area contributed by atoms with Crippen LogP contribution >= 0.6 is 22.7 Å². The molecular weight excluding hydrogens is 406 g/mol. The molecule has 0 bridgehead atoms. The van der Waals surface area contributed by atoms with Gasteiger partial charge in [-0.15, -0.1) is 22.7 Å². The molecule has 0 radical (unpaired) electrons. The highest BCUT2D eigenvalue weighted by Crippen LogP contribution is 2.21. The molecule has 6 N–H and O–H groups in total. The topological polar surface area (TPSA) is 153 Å². The highest BCUT2D eigenvalue weighted by atomic mass is 32.1. The largest absolute Gasteiger partial charge is 0.465 e. The molecule has 152 valence electrons. The second-order valence-corrected chi connectivity index (χ2v) is 7.84. The number of carboxylic acid groups (broad SMARTS) is 2. The molecule has 0 fully saturated rings. The lowest BCUT2D eigenvalue weighted by molar-refractivity contribution is -0.114. The van der Waals surface area contributed by atoms with Crippen molar-refractivity contribution < 1.29 is 24.6 Å². The lowest BCUT2D eigenvalue weighted by Crippen LogP contribution is -2.56. The molecule has 2 rings (SSSR count). The third kappa shape index (κ3) is 7.90. The van der Waals surface area contributed by atoms with Gasteiger partial charge in [0.25, 0.3) is 0 Å². The minimum atomic E-state index is -1.33. The van der Waals surface area contributed by atoms with Crippen LogP contribution in [0.2, 0.25) is 0 Å². The number of nitrogens with zero attached hydrogens (tertiary/aromatic N) is 1. The van der Waals surface area contributed by atoms with Crippen LogP contribution in [0, 0.1) is 0 Å². The Kier molecular flexibility index (Phi) is 8.17. The number of anilines is 1. The van der Waals surface area contributed by atoms with Crippen LogP contribution in [0.15, 0.2) is 17.5 Å². The lowest BCUT2D eigenvalue weighted by Gasteiger charge is -2.17. The van der Waals surface area contributed by atoms with Crippen molar-refractivity contribution in [2.45, 2.75) is 32.5 Å². The second-order valence-electron chi connectivity index (χ2n) is 5.73. The van der Waals surface area contributed by atoms with Crippen molar-refractivity contribution in [2.75, 3.05) is 11.9 Å². The van der Waals surface area contributed by atoms with Gasteiger partial charge in [-0.25, -0.2) is 14.6 Å². The maximum Gasteiger partial charge on any atom is 0.407 e. The Morgan fingerprint density at radius 3 is 2.32 bits per heavy atom. The summed E-state index contributed by atoms with van der Waals surface area (Å²) in [4.78, 5) is 39.0. The molecule has 12 heteroatoms. The lowest BCUT2D eigenvalue weighted by atomic mass is 10.2. The molecule has 2 aromatic rings. The van der Waals surface area contributed by atoms with Crippen LogP contribution in [0.5, 0.6) is 0 Å². The standard InChI is InChI=1S/C16H21N5O5S2/c1-9(22)18-14-19-10(8-27-14)2-3-11-4-5-12(28-11)6-7-17-13(20-15(23)24)21-16(25)26/h4-5,8,13,17,20-21H,2-3,6-7H2,1H3,(H,23,24)(H,25,26)(H,18,19,22). The van der Waals surface area contributed by atoms with Crippen LogP contribution in [-0.4, -0.2) is 46.1 Å². The first-order valence-electron chi connectivity index (χ1n) is 8.33. The third-order valence-corrected chi connectivity index (χ3v) is 5.45. The number of thiazole rings is 1. The van der Waals surface area contributed by atoms with Crippen molar-refractivity contribution >= 4 is 45.9 Å². The van der Waals surface area contributed by atoms with E-state index >= 15 is 0 Å². The number of hydrogen-bond acceptors (Lipinski definition) is 7. The smallest absolute Gasteiger partial charge is 0.407 e. The molecule has 10 nitrogen and oxygen atoms in total. The Morgan fingerprint density at radius 1 is 1.07 bits per heavy atom. The predicted molar refractivity (Wildman–Crippen MR) is 106 cm³/mol. The first-order valence-corrected chi connectivity index (χ1v) is 10.0. The summed E-state index contributed by atoms with van der Waals surface area (Å²) in [5.41, 5.74) is 0.924. The fourth-order valence-electron chi connectivity index (χ4n) is 2.30. The third-order valence-electron chi connectivity index (χ3n) is 3.44. The van der Waals surface area contributed by atoms with Crippen molar-refractivity contribution in [3.8, 4) is 0 Å². The maximum absolute atomic E-state index is 11.0. The van der Waals surface area contributed by atoms with Gasteiger partial charge in [0.2, 0.25) is 5.91 Å². The molecule has 28 heavy (non-hydrogen) atoms. The summed E-state index contributed by atoms with van der Waals surface area (Å²) in [6, 6.07) is 4.03. The second kappa shape index (κ2) is 10.6. The number of amides is 3. The Hall–Kier alpha value is -2.70. The molecule has 2 heterocycles. The fourth-order valence-corrected chi connectivity index (χ4v) is 4.10. The fraction of sp³-hybridized carbons (Fsp3) is 0.375. The molecule has 0 aliphatic heterocycles. The maximum atomic E-state index is 11.0. The number of nitrogens with one attached hydrogen (secondary N) is 4. The van der Waals surface area contributed by atoms with E-state index in [2.05, 4.69) is 15.6 Å². The Balaban J connectivity index is 1.77. The molecule has 0 atom stereocenters. The Bertz CT molecular complexity index is 806. The van der Waals surface area contributed by atoms with Crippen LogP contribution in [-0.2, 0) is 24.1 Å². The van der Waals surface area contributed by atoms with Gasteiger partial charge in [-0.3, -0.25) is 20.7 Å². The molecule has 0 saturated carbocycles. The highest BCUT2D eigenvalue weighted by Gasteiger charge is 2.13. The van der Waals surface area contributed by atoms with Crippen molar-refractivity contribution in [2.24, 2.45) is 0 Å². The van der Waals surface area contributed by atoms with E-state index in [4.69, 9.17) is 10.2 Å². The average molecular weight is 428 g/mol. The molecule has 0 saturated heterocycles. The minimum absolute atomic E-state index is 0.142. The van der Waals surface area contributed by atoms with Gasteiger partial charge in [0, 0.05) is 28.6 Å². The van der Waals surface area contributed by atoms with Crippen LogP contribution in [0.3, 0.4) is 0 Å². The van der Waals surface area contributed by atoms with Gasteiger partial charge < -0.3 is 15.5 Å². The molecule has 0 aromatic carbocycles. The van der Waals surface area contributed by atoms with Gasteiger partial charge in [-0.05, 0) is 31.4 Å². The van der Waals surface area contributed by atoms with E-state index in [1.54, 1.807) is 11.3 Å². The van der Waals surface area contributed by atoms with Gasteiger partial charge in [-0.1, -0.05) is 0 Å². The van der Waals surface area contributed by atoms with Crippen LogP contribution in [0.1, 0.15) is 22.4 Å². The summed E-state index contributed by atoms with van der Waals surface area (Å²) in [6.45, 7) is 1.85. The SMILES string of the molecule is CC(=O)Nc1nc(CCc2ccc(CCNC(NC(=O)O)NC(=O)O)s2)cs1. The summed E-state index contributed by atoms with van der Waals surface area (Å²) in [5, 5.41) is 29.5. The monoisotopic (exact) mass is 427 g/mol. The van der Waals surface area contributed by atoms with E-state index in [1.165, 1.54) is 23.1 Å². The van der Waals surface area contributed by atoms with E-state index in [1.807, 2.05) is 28.1 Å².